The fraction of sp³-hybridized carbons (Fsp3) is 0.500. The second-order valence-electron chi connectivity index (χ2n) is 2.51. The average molecular weight is 253 g/mol. The number of aryl methyl sites for hydroxylation is 1. The van der Waals surface area contributed by atoms with Crippen molar-refractivity contribution in [1.82, 2.24) is 9.78 Å². The van der Waals surface area contributed by atoms with Crippen molar-refractivity contribution in [1.29, 1.82) is 0 Å². The van der Waals surface area contributed by atoms with Crippen LogP contribution in [-0.4, -0.2) is 30.2 Å². The molecule has 0 aliphatic rings. The normalized spacial score (nSPS) is 11.8. The third-order valence-electron chi connectivity index (χ3n) is 1.34. The van der Waals surface area contributed by atoms with E-state index in [-0.39, 0.29) is 5.75 Å². The first kappa shape index (κ1) is 9.73. The quantitative estimate of drug-likeness (QED) is 0.796. The van der Waals surface area contributed by atoms with Crippen molar-refractivity contribution in [3.05, 3.63) is 16.9 Å². The fourth-order valence-electron chi connectivity index (χ4n) is 0.733. The molecule has 0 aromatic carbocycles. The van der Waals surface area contributed by atoms with Gasteiger partial charge in [0.2, 0.25) is 0 Å². The Bertz CT molecular complexity index is 357. The molecule has 0 radical (unpaired) electrons. The highest BCUT2D eigenvalue weighted by atomic mass is 79.9. The number of sulfone groups is 1. The van der Waals surface area contributed by atoms with Crippen molar-refractivity contribution >= 4 is 25.8 Å². The minimum Gasteiger partial charge on any atom is -0.257 e. The Hall–Kier alpha value is -0.360. The maximum absolute atomic E-state index is 10.8. The Kier molecular flexibility index (Phi) is 2.89. The first-order valence-corrected chi connectivity index (χ1v) is 6.19. The molecule has 6 heteroatoms. The van der Waals surface area contributed by atoms with E-state index >= 15 is 0 Å². The van der Waals surface area contributed by atoms with E-state index in [0.29, 0.717) is 6.54 Å². The van der Waals surface area contributed by atoms with Gasteiger partial charge in [-0.3, -0.25) is 4.68 Å². The number of hydrogen-bond acceptors (Lipinski definition) is 3. The monoisotopic (exact) mass is 252 g/mol. The van der Waals surface area contributed by atoms with E-state index in [2.05, 4.69) is 21.0 Å². The second-order valence-corrected chi connectivity index (χ2v) is 5.58. The summed E-state index contributed by atoms with van der Waals surface area (Å²) in [6.07, 6.45) is 2.83. The third-order valence-corrected chi connectivity index (χ3v) is 2.94. The van der Waals surface area contributed by atoms with Crippen LogP contribution in [0.2, 0.25) is 0 Å². The standard InChI is InChI=1S/C6H9BrN2O2S/c1-12(10,11)5-4-9-6(7)2-3-8-9/h2-3H,4-5H2,1H3. The lowest BCUT2D eigenvalue weighted by Gasteiger charge is -2.00. The van der Waals surface area contributed by atoms with Crippen molar-refractivity contribution < 1.29 is 8.42 Å². The van der Waals surface area contributed by atoms with E-state index in [1.165, 1.54) is 6.26 Å². The van der Waals surface area contributed by atoms with Crippen LogP contribution in [0.15, 0.2) is 16.9 Å². The zero-order valence-electron chi connectivity index (χ0n) is 6.57. The number of rotatable bonds is 3. The molecular formula is C6H9BrN2O2S. The Balaban J connectivity index is 2.61. The Morgan fingerprint density at radius 2 is 2.33 bits per heavy atom. The van der Waals surface area contributed by atoms with Gasteiger partial charge in [0, 0.05) is 6.26 Å². The van der Waals surface area contributed by atoms with Crippen molar-refractivity contribution in [3.63, 3.8) is 0 Å². The molecule has 0 unspecified atom stereocenters. The summed E-state index contributed by atoms with van der Waals surface area (Å²) in [6, 6.07) is 1.77. The molecule has 0 aliphatic heterocycles. The van der Waals surface area contributed by atoms with Gasteiger partial charge in [-0.1, -0.05) is 0 Å². The van der Waals surface area contributed by atoms with E-state index in [1.807, 2.05) is 0 Å². The summed E-state index contributed by atoms with van der Waals surface area (Å²) in [5.74, 6) is 0.118. The van der Waals surface area contributed by atoms with Crippen LogP contribution < -0.4 is 0 Å². The molecule has 0 fully saturated rings. The Morgan fingerprint density at radius 1 is 1.67 bits per heavy atom. The van der Waals surface area contributed by atoms with Crippen LogP contribution in [0.5, 0.6) is 0 Å². The molecule has 0 saturated carbocycles. The summed E-state index contributed by atoms with van der Waals surface area (Å²) in [4.78, 5) is 0. The third kappa shape index (κ3) is 2.94. The van der Waals surface area contributed by atoms with Gasteiger partial charge in [0.1, 0.15) is 14.4 Å². The molecule has 1 heterocycles. The fourth-order valence-corrected chi connectivity index (χ4v) is 1.63. The van der Waals surface area contributed by atoms with Gasteiger partial charge < -0.3 is 0 Å². The molecule has 1 aromatic rings. The number of halogens is 1. The van der Waals surface area contributed by atoms with Gasteiger partial charge in [-0.15, -0.1) is 0 Å². The molecule has 0 N–H and O–H groups in total. The molecule has 0 saturated heterocycles. The number of nitrogens with zero attached hydrogens (tertiary/aromatic N) is 2. The van der Waals surface area contributed by atoms with Gasteiger partial charge in [0.15, 0.2) is 0 Å². The molecule has 1 aromatic heterocycles. The van der Waals surface area contributed by atoms with Crippen LogP contribution in [0, 0.1) is 0 Å². The van der Waals surface area contributed by atoms with E-state index in [1.54, 1.807) is 16.9 Å². The van der Waals surface area contributed by atoms with E-state index in [0.717, 1.165) is 4.60 Å². The molecule has 0 amide bonds. The first-order valence-electron chi connectivity index (χ1n) is 3.34. The maximum Gasteiger partial charge on any atom is 0.149 e. The molecule has 0 aliphatic carbocycles. The molecular weight excluding hydrogens is 244 g/mol. The van der Waals surface area contributed by atoms with Gasteiger partial charge in [0.05, 0.1) is 18.5 Å². The van der Waals surface area contributed by atoms with Gasteiger partial charge in [-0.25, -0.2) is 8.42 Å². The van der Waals surface area contributed by atoms with Crippen LogP contribution in [-0.2, 0) is 16.4 Å². The molecule has 0 bridgehead atoms. The predicted octanol–water partition coefficient (Wildman–Crippen LogP) is 0.690. The maximum atomic E-state index is 10.8. The molecule has 12 heavy (non-hydrogen) atoms. The zero-order chi connectivity index (χ0) is 9.19. The lowest BCUT2D eigenvalue weighted by atomic mass is 10.7. The van der Waals surface area contributed by atoms with Crippen LogP contribution in [0.4, 0.5) is 0 Å². The smallest absolute Gasteiger partial charge is 0.149 e. The van der Waals surface area contributed by atoms with Crippen molar-refractivity contribution in [2.75, 3.05) is 12.0 Å². The molecule has 4 nitrogen and oxygen atoms in total. The summed E-state index contributed by atoms with van der Waals surface area (Å²) in [5, 5.41) is 3.92. The highest BCUT2D eigenvalue weighted by Gasteiger charge is 2.04. The lowest BCUT2D eigenvalue weighted by molar-refractivity contribution is 0.583. The topological polar surface area (TPSA) is 52.0 Å². The molecule has 0 atom stereocenters. The Labute approximate surface area is 79.6 Å². The van der Waals surface area contributed by atoms with Crippen LogP contribution in [0.1, 0.15) is 0 Å². The Morgan fingerprint density at radius 3 is 2.75 bits per heavy atom. The summed E-state index contributed by atoms with van der Waals surface area (Å²) in [7, 11) is -2.90. The summed E-state index contributed by atoms with van der Waals surface area (Å²) >= 11 is 3.24. The summed E-state index contributed by atoms with van der Waals surface area (Å²) in [5.41, 5.74) is 0. The predicted molar refractivity (Wildman–Crippen MR) is 49.6 cm³/mol. The van der Waals surface area contributed by atoms with Gasteiger partial charge in [-0.2, -0.15) is 5.10 Å². The minimum absolute atomic E-state index is 0.118. The van der Waals surface area contributed by atoms with Crippen LogP contribution in [0.3, 0.4) is 0 Å². The largest absolute Gasteiger partial charge is 0.257 e. The summed E-state index contributed by atoms with van der Waals surface area (Å²) in [6.45, 7) is 0.395. The van der Waals surface area contributed by atoms with Gasteiger partial charge in [0.25, 0.3) is 0 Å². The molecule has 0 spiro atoms. The SMILES string of the molecule is CS(=O)(=O)CCn1nccc1Br. The van der Waals surface area contributed by atoms with Crippen molar-refractivity contribution in [2.24, 2.45) is 0 Å². The number of hydrogen-bond donors (Lipinski definition) is 0. The first-order chi connectivity index (χ1) is 5.49. The van der Waals surface area contributed by atoms with Crippen LogP contribution >= 0.6 is 15.9 Å². The molecule has 1 rings (SSSR count). The zero-order valence-corrected chi connectivity index (χ0v) is 8.97. The van der Waals surface area contributed by atoms with Crippen molar-refractivity contribution in [3.8, 4) is 0 Å². The van der Waals surface area contributed by atoms with Crippen LogP contribution in [0.25, 0.3) is 0 Å². The van der Waals surface area contributed by atoms with E-state index in [4.69, 9.17) is 0 Å². The highest BCUT2D eigenvalue weighted by molar-refractivity contribution is 9.10. The molecule has 68 valence electrons. The van der Waals surface area contributed by atoms with Crippen molar-refractivity contribution in [2.45, 2.75) is 6.54 Å². The second kappa shape index (κ2) is 3.57. The lowest BCUT2D eigenvalue weighted by Crippen LogP contribution is -2.12. The summed E-state index contributed by atoms with van der Waals surface area (Å²) < 4.78 is 24.0. The average Bonchev–Trinajstić information content (AvgIpc) is 2.29. The van der Waals surface area contributed by atoms with Gasteiger partial charge >= 0.3 is 0 Å². The van der Waals surface area contributed by atoms with E-state index < -0.39 is 9.84 Å². The minimum atomic E-state index is -2.90. The van der Waals surface area contributed by atoms with Gasteiger partial charge in [-0.05, 0) is 22.0 Å². The number of aromatic nitrogens is 2. The van der Waals surface area contributed by atoms with E-state index in [9.17, 15) is 8.42 Å². The highest BCUT2D eigenvalue weighted by Crippen LogP contribution is 2.07.